The zero-order valence-electron chi connectivity index (χ0n) is 15.1. The zero-order chi connectivity index (χ0) is 19.9. The summed E-state index contributed by atoms with van der Waals surface area (Å²) in [5.41, 5.74) is 3.05. The summed E-state index contributed by atoms with van der Waals surface area (Å²) in [4.78, 5) is 27.7. The van der Waals surface area contributed by atoms with Crippen molar-refractivity contribution in [3.63, 3.8) is 0 Å². The molecule has 0 saturated heterocycles. The Morgan fingerprint density at radius 1 is 1.04 bits per heavy atom. The highest BCUT2D eigenvalue weighted by atomic mass is 32.2. The molecule has 3 rings (SSSR count). The molecular formula is C20H18FN3O2S2. The van der Waals surface area contributed by atoms with E-state index >= 15 is 0 Å². The summed E-state index contributed by atoms with van der Waals surface area (Å²) in [7, 11) is 0. The minimum absolute atomic E-state index is 0.145. The van der Waals surface area contributed by atoms with Crippen LogP contribution in [0, 0.1) is 5.82 Å². The number of thiazole rings is 1. The third-order valence-electron chi connectivity index (χ3n) is 3.64. The van der Waals surface area contributed by atoms with Crippen molar-refractivity contribution in [2.75, 3.05) is 10.6 Å². The number of hydrogen-bond acceptors (Lipinski definition) is 5. The summed E-state index contributed by atoms with van der Waals surface area (Å²) in [6, 6.07) is 13.3. The Morgan fingerprint density at radius 2 is 1.68 bits per heavy atom. The van der Waals surface area contributed by atoms with Gasteiger partial charge < -0.3 is 10.6 Å². The minimum atomic E-state index is -0.249. The molecule has 1 heterocycles. The molecule has 0 fully saturated rings. The molecule has 2 aromatic carbocycles. The molecule has 2 amide bonds. The lowest BCUT2D eigenvalue weighted by molar-refractivity contribution is -0.116. The number of aromatic nitrogens is 1. The maximum atomic E-state index is 12.9. The number of rotatable bonds is 7. The van der Waals surface area contributed by atoms with Crippen LogP contribution >= 0.6 is 23.1 Å². The standard InChI is InChI=1S/C20H18FN3O2S2/c1-13(25)22-16-6-8-17(9-7-16)23-19(26)10-18-12-28-20(24-18)27-11-14-2-4-15(21)5-3-14/h2-9,12H,10-11H2,1H3,(H,22,25)(H,23,26). The molecule has 0 unspecified atom stereocenters. The molecule has 2 N–H and O–H groups in total. The Morgan fingerprint density at radius 3 is 2.32 bits per heavy atom. The molecule has 5 nitrogen and oxygen atoms in total. The van der Waals surface area contributed by atoms with Crippen LogP contribution in [0.15, 0.2) is 58.3 Å². The van der Waals surface area contributed by atoms with Crippen molar-refractivity contribution in [2.24, 2.45) is 0 Å². The van der Waals surface area contributed by atoms with Crippen molar-refractivity contribution in [1.29, 1.82) is 0 Å². The second-order valence-electron chi connectivity index (χ2n) is 6.00. The number of nitrogens with one attached hydrogen (secondary N) is 2. The molecule has 0 aliphatic rings. The second kappa shape index (κ2) is 9.48. The van der Waals surface area contributed by atoms with Crippen molar-refractivity contribution < 1.29 is 14.0 Å². The first-order valence-corrected chi connectivity index (χ1v) is 10.3. The van der Waals surface area contributed by atoms with Gasteiger partial charge in [0.1, 0.15) is 10.2 Å². The number of carbonyl (C=O) groups is 2. The van der Waals surface area contributed by atoms with Gasteiger partial charge in [0.25, 0.3) is 0 Å². The van der Waals surface area contributed by atoms with Gasteiger partial charge in [0.15, 0.2) is 0 Å². The molecule has 0 spiro atoms. The van der Waals surface area contributed by atoms with E-state index in [4.69, 9.17) is 0 Å². The van der Waals surface area contributed by atoms with Crippen molar-refractivity contribution >= 4 is 46.3 Å². The van der Waals surface area contributed by atoms with E-state index in [0.717, 1.165) is 9.90 Å². The van der Waals surface area contributed by atoms with Crippen LogP contribution in [0.1, 0.15) is 18.2 Å². The summed E-state index contributed by atoms with van der Waals surface area (Å²) < 4.78 is 13.8. The summed E-state index contributed by atoms with van der Waals surface area (Å²) in [6.07, 6.45) is 0.182. The SMILES string of the molecule is CC(=O)Nc1ccc(NC(=O)Cc2csc(SCc3ccc(F)cc3)n2)cc1. The highest BCUT2D eigenvalue weighted by Crippen LogP contribution is 2.26. The average molecular weight is 416 g/mol. The highest BCUT2D eigenvalue weighted by molar-refractivity contribution is 8.00. The van der Waals surface area contributed by atoms with Gasteiger partial charge in [-0.15, -0.1) is 11.3 Å². The van der Waals surface area contributed by atoms with Crippen LogP contribution in [0.5, 0.6) is 0 Å². The van der Waals surface area contributed by atoms with Crippen LogP contribution in [0.25, 0.3) is 0 Å². The van der Waals surface area contributed by atoms with Crippen LogP contribution in [0.3, 0.4) is 0 Å². The number of benzene rings is 2. The fraction of sp³-hybridized carbons (Fsp3) is 0.150. The van der Waals surface area contributed by atoms with E-state index in [1.165, 1.54) is 30.4 Å². The van der Waals surface area contributed by atoms with E-state index in [0.29, 0.717) is 22.8 Å². The number of carbonyl (C=O) groups excluding carboxylic acids is 2. The molecule has 0 bridgehead atoms. The lowest BCUT2D eigenvalue weighted by Gasteiger charge is -2.06. The molecule has 28 heavy (non-hydrogen) atoms. The summed E-state index contributed by atoms with van der Waals surface area (Å²) in [5, 5.41) is 7.35. The average Bonchev–Trinajstić information content (AvgIpc) is 3.09. The Hall–Kier alpha value is -2.71. The fourth-order valence-electron chi connectivity index (χ4n) is 2.37. The topological polar surface area (TPSA) is 71.1 Å². The van der Waals surface area contributed by atoms with E-state index in [1.54, 1.807) is 48.2 Å². The van der Waals surface area contributed by atoms with Crippen LogP contribution in [-0.2, 0) is 21.8 Å². The van der Waals surface area contributed by atoms with Gasteiger partial charge in [-0.1, -0.05) is 23.9 Å². The number of hydrogen-bond donors (Lipinski definition) is 2. The molecule has 1 aromatic heterocycles. The van der Waals surface area contributed by atoms with Crippen molar-refractivity contribution in [1.82, 2.24) is 4.98 Å². The van der Waals surface area contributed by atoms with Crippen molar-refractivity contribution in [3.8, 4) is 0 Å². The van der Waals surface area contributed by atoms with Crippen molar-refractivity contribution in [2.45, 2.75) is 23.4 Å². The Labute approximate surface area is 170 Å². The van der Waals surface area contributed by atoms with Gasteiger partial charge in [-0.3, -0.25) is 9.59 Å². The molecule has 0 aliphatic heterocycles. The molecule has 144 valence electrons. The van der Waals surface area contributed by atoms with Gasteiger partial charge in [0.2, 0.25) is 11.8 Å². The Bertz CT molecular complexity index is 956. The maximum Gasteiger partial charge on any atom is 0.230 e. The maximum absolute atomic E-state index is 12.9. The summed E-state index contributed by atoms with van der Waals surface area (Å²) in [6.45, 7) is 1.44. The van der Waals surface area contributed by atoms with Gasteiger partial charge in [0.05, 0.1) is 12.1 Å². The normalized spacial score (nSPS) is 10.5. The summed E-state index contributed by atoms with van der Waals surface area (Å²) in [5.74, 6) is 0.141. The van der Waals surface area contributed by atoms with Crippen LogP contribution in [0.2, 0.25) is 0 Å². The highest BCUT2D eigenvalue weighted by Gasteiger charge is 2.09. The predicted octanol–water partition coefficient (Wildman–Crippen LogP) is 4.71. The van der Waals surface area contributed by atoms with E-state index in [9.17, 15) is 14.0 Å². The number of thioether (sulfide) groups is 1. The van der Waals surface area contributed by atoms with E-state index in [1.807, 2.05) is 5.38 Å². The number of anilines is 2. The smallest absolute Gasteiger partial charge is 0.230 e. The molecule has 8 heteroatoms. The van der Waals surface area contributed by atoms with Crippen molar-refractivity contribution in [3.05, 3.63) is 71.0 Å². The largest absolute Gasteiger partial charge is 0.326 e. The van der Waals surface area contributed by atoms with E-state index in [2.05, 4.69) is 15.6 Å². The third kappa shape index (κ3) is 6.17. The molecule has 0 aliphatic carbocycles. The van der Waals surface area contributed by atoms with Gasteiger partial charge in [-0.25, -0.2) is 9.37 Å². The predicted molar refractivity (Wildman–Crippen MR) is 111 cm³/mol. The zero-order valence-corrected chi connectivity index (χ0v) is 16.7. The lowest BCUT2D eigenvalue weighted by Crippen LogP contribution is -2.14. The third-order valence-corrected chi connectivity index (χ3v) is 5.78. The van der Waals surface area contributed by atoms with E-state index < -0.39 is 0 Å². The second-order valence-corrected chi connectivity index (χ2v) is 8.08. The number of halogens is 1. The molecule has 0 atom stereocenters. The summed E-state index contributed by atoms with van der Waals surface area (Å²) >= 11 is 3.04. The van der Waals surface area contributed by atoms with Gasteiger partial charge in [0, 0.05) is 29.4 Å². The number of nitrogens with zero attached hydrogens (tertiary/aromatic N) is 1. The fourth-order valence-corrected chi connectivity index (χ4v) is 4.17. The first-order valence-electron chi connectivity index (χ1n) is 8.47. The minimum Gasteiger partial charge on any atom is -0.326 e. The van der Waals surface area contributed by atoms with Crippen LogP contribution in [0.4, 0.5) is 15.8 Å². The van der Waals surface area contributed by atoms with Gasteiger partial charge in [-0.2, -0.15) is 0 Å². The molecule has 0 radical (unpaired) electrons. The van der Waals surface area contributed by atoms with Gasteiger partial charge in [-0.05, 0) is 42.0 Å². The first kappa shape index (κ1) is 20.0. The van der Waals surface area contributed by atoms with Crippen LogP contribution < -0.4 is 10.6 Å². The van der Waals surface area contributed by atoms with Crippen LogP contribution in [-0.4, -0.2) is 16.8 Å². The Balaban J connectivity index is 1.49. The Kier molecular flexibility index (Phi) is 6.78. The molecular weight excluding hydrogens is 397 g/mol. The number of amides is 2. The molecule has 3 aromatic rings. The van der Waals surface area contributed by atoms with Gasteiger partial charge >= 0.3 is 0 Å². The first-order chi connectivity index (χ1) is 13.5. The quantitative estimate of drug-likeness (QED) is 0.548. The lowest BCUT2D eigenvalue weighted by atomic mass is 10.2. The van der Waals surface area contributed by atoms with E-state index in [-0.39, 0.29) is 24.1 Å². The monoisotopic (exact) mass is 415 g/mol. The molecule has 0 saturated carbocycles.